The zero-order valence-electron chi connectivity index (χ0n) is 18.1. The van der Waals surface area contributed by atoms with Crippen LogP contribution in [0.5, 0.6) is 0 Å². The molecule has 0 aliphatic heterocycles. The lowest BCUT2D eigenvalue weighted by Crippen LogP contribution is -2.40. The Kier molecular flexibility index (Phi) is 10.2. The molecule has 0 bridgehead atoms. The summed E-state index contributed by atoms with van der Waals surface area (Å²) in [5.74, 6) is -0.780. The predicted octanol–water partition coefficient (Wildman–Crippen LogP) is 4.07. The van der Waals surface area contributed by atoms with Crippen molar-refractivity contribution in [3.63, 3.8) is 0 Å². The maximum atomic E-state index is 12.4. The predicted molar refractivity (Wildman–Crippen MR) is 113 cm³/mol. The topological polar surface area (TPSA) is 83.8 Å². The number of aliphatic hydroxyl groups is 2. The van der Waals surface area contributed by atoms with E-state index < -0.39 is 12.2 Å². The molecule has 0 heterocycles. The van der Waals surface area contributed by atoms with E-state index in [0.29, 0.717) is 12.8 Å². The van der Waals surface area contributed by atoms with Gasteiger partial charge >= 0.3 is 5.97 Å². The van der Waals surface area contributed by atoms with E-state index in [1.54, 1.807) is 12.2 Å². The van der Waals surface area contributed by atoms with E-state index in [0.717, 1.165) is 51.4 Å². The molecule has 0 aromatic rings. The molecule has 0 spiro atoms. The smallest absolute Gasteiger partial charge is 0.330 e. The molecule has 0 saturated heterocycles. The van der Waals surface area contributed by atoms with E-state index in [-0.39, 0.29) is 42.1 Å². The quantitative estimate of drug-likeness (QED) is 0.202. The summed E-state index contributed by atoms with van der Waals surface area (Å²) in [6.07, 6.45) is 13.8. The summed E-state index contributed by atoms with van der Waals surface area (Å²) in [7, 11) is 1.34. The van der Waals surface area contributed by atoms with Gasteiger partial charge in [-0.05, 0) is 50.4 Å². The van der Waals surface area contributed by atoms with Crippen LogP contribution in [0.4, 0.5) is 4.39 Å². The Morgan fingerprint density at radius 3 is 2.70 bits per heavy atom. The first-order valence-electron chi connectivity index (χ1n) is 11.3. The van der Waals surface area contributed by atoms with Gasteiger partial charge in [0.2, 0.25) is 0 Å². The zero-order chi connectivity index (χ0) is 22.0. The average Bonchev–Trinajstić information content (AvgIpc) is 2.96. The lowest BCUT2D eigenvalue weighted by molar-refractivity contribution is -0.134. The van der Waals surface area contributed by atoms with Crippen LogP contribution in [0.1, 0.15) is 70.6 Å². The highest BCUT2D eigenvalue weighted by atomic mass is 19.1. The number of allylic oxidation sites excluding steroid dienone is 1. The van der Waals surface area contributed by atoms with Crippen LogP contribution in [0.15, 0.2) is 24.3 Å². The Bertz CT molecular complexity index is 611. The van der Waals surface area contributed by atoms with Crippen LogP contribution in [-0.4, -0.2) is 48.0 Å². The van der Waals surface area contributed by atoms with Gasteiger partial charge in [0.1, 0.15) is 5.78 Å². The summed E-state index contributed by atoms with van der Waals surface area (Å²) in [6, 6.07) is 0. The van der Waals surface area contributed by atoms with E-state index >= 15 is 0 Å². The number of unbranched alkanes of at least 4 members (excludes halogenated alkanes) is 3. The molecule has 2 saturated carbocycles. The van der Waals surface area contributed by atoms with Gasteiger partial charge in [0.25, 0.3) is 0 Å². The van der Waals surface area contributed by atoms with Gasteiger partial charge in [0, 0.05) is 24.3 Å². The monoisotopic (exact) mass is 424 g/mol. The van der Waals surface area contributed by atoms with Crippen molar-refractivity contribution in [1.29, 1.82) is 0 Å². The van der Waals surface area contributed by atoms with Crippen molar-refractivity contribution in [2.24, 2.45) is 17.3 Å². The third kappa shape index (κ3) is 6.74. The largest absolute Gasteiger partial charge is 0.466 e. The fraction of sp³-hybridized carbons (Fsp3) is 0.750. The second-order valence-corrected chi connectivity index (χ2v) is 8.82. The molecule has 2 N–H and O–H groups in total. The number of hydrogen-bond donors (Lipinski definition) is 2. The van der Waals surface area contributed by atoms with Gasteiger partial charge in [-0.1, -0.05) is 37.5 Å². The van der Waals surface area contributed by atoms with Crippen LogP contribution in [0.3, 0.4) is 0 Å². The number of halogens is 1. The minimum atomic E-state index is -0.700. The molecule has 2 fully saturated rings. The number of carbonyl (C=O) groups excluding carboxylic acids is 2. The number of rotatable bonds is 13. The Balaban J connectivity index is 1.86. The highest BCUT2D eigenvalue weighted by molar-refractivity contribution is 5.84. The van der Waals surface area contributed by atoms with E-state index in [4.69, 9.17) is 0 Å². The van der Waals surface area contributed by atoms with Crippen LogP contribution in [0.2, 0.25) is 0 Å². The summed E-state index contributed by atoms with van der Waals surface area (Å²) in [4.78, 5) is 23.4. The van der Waals surface area contributed by atoms with Crippen molar-refractivity contribution in [2.75, 3.05) is 13.8 Å². The van der Waals surface area contributed by atoms with Gasteiger partial charge in [-0.25, -0.2) is 4.79 Å². The van der Waals surface area contributed by atoms with Gasteiger partial charge in [0.15, 0.2) is 0 Å². The number of hydrogen-bond acceptors (Lipinski definition) is 5. The SMILES string of the molecule is COC(=O)/C=C/CCCC[C@H]1C(=O)C[C@@H](O)[C@@H]1/C=C/[C@@H](O)C1(CCCCF)CCC1. The Morgan fingerprint density at radius 1 is 1.30 bits per heavy atom. The molecule has 5 nitrogen and oxygen atoms in total. The van der Waals surface area contributed by atoms with Crippen molar-refractivity contribution >= 4 is 11.8 Å². The van der Waals surface area contributed by atoms with Crippen LogP contribution < -0.4 is 0 Å². The van der Waals surface area contributed by atoms with E-state index in [9.17, 15) is 24.2 Å². The number of ether oxygens (including phenoxy) is 1. The summed E-state index contributed by atoms with van der Waals surface area (Å²) >= 11 is 0. The summed E-state index contributed by atoms with van der Waals surface area (Å²) in [6.45, 7) is -0.321. The Morgan fingerprint density at radius 2 is 2.07 bits per heavy atom. The number of methoxy groups -OCH3 is 1. The van der Waals surface area contributed by atoms with Gasteiger partial charge in [-0.15, -0.1) is 0 Å². The van der Waals surface area contributed by atoms with Crippen LogP contribution in [-0.2, 0) is 14.3 Å². The first-order valence-corrected chi connectivity index (χ1v) is 11.3. The minimum absolute atomic E-state index is 0.0815. The highest BCUT2D eigenvalue weighted by Gasteiger charge is 2.43. The zero-order valence-corrected chi connectivity index (χ0v) is 18.1. The number of aliphatic hydroxyl groups excluding tert-OH is 2. The summed E-state index contributed by atoms with van der Waals surface area (Å²) in [5.41, 5.74) is -0.166. The van der Waals surface area contributed by atoms with Crippen molar-refractivity contribution in [3.8, 4) is 0 Å². The molecule has 0 aromatic carbocycles. The molecule has 0 unspecified atom stereocenters. The standard InChI is InChI=1S/C24H37FO5/c1-30-23(29)10-5-3-2-4-9-18-19(21(27)17-20(18)26)11-12-22(28)24(14-8-15-24)13-6-7-16-25/h5,10-12,18-19,21-22,27-28H,2-4,6-9,13-17H2,1H3/b10-5+,12-11+/t18-,19-,21-,22-/m1/s1. The van der Waals surface area contributed by atoms with Gasteiger partial charge in [-0.3, -0.25) is 9.18 Å². The Hall–Kier alpha value is -1.53. The van der Waals surface area contributed by atoms with Crippen molar-refractivity contribution in [3.05, 3.63) is 24.3 Å². The van der Waals surface area contributed by atoms with Crippen molar-refractivity contribution in [1.82, 2.24) is 0 Å². The average molecular weight is 425 g/mol. The molecule has 0 amide bonds. The molecule has 0 aromatic heterocycles. The second kappa shape index (κ2) is 12.4. The molecule has 170 valence electrons. The summed E-state index contributed by atoms with van der Waals surface area (Å²) in [5, 5.41) is 21.1. The first-order chi connectivity index (χ1) is 14.4. The van der Waals surface area contributed by atoms with Gasteiger partial charge in [0.05, 0.1) is 26.0 Å². The van der Waals surface area contributed by atoms with Gasteiger partial charge in [-0.2, -0.15) is 0 Å². The van der Waals surface area contributed by atoms with Gasteiger partial charge < -0.3 is 14.9 Å². The maximum absolute atomic E-state index is 12.4. The van der Waals surface area contributed by atoms with Crippen LogP contribution >= 0.6 is 0 Å². The molecule has 2 rings (SSSR count). The van der Waals surface area contributed by atoms with Crippen molar-refractivity contribution < 1.29 is 28.9 Å². The molecule has 4 atom stereocenters. The lowest BCUT2D eigenvalue weighted by Gasteiger charge is -2.45. The normalized spacial score (nSPS) is 26.9. The molecule has 2 aliphatic rings. The fourth-order valence-corrected chi connectivity index (χ4v) is 4.80. The number of Topliss-reactive ketones (excluding diaryl/α,β-unsaturated/α-hetero) is 1. The minimum Gasteiger partial charge on any atom is -0.466 e. The van der Waals surface area contributed by atoms with E-state index in [1.807, 2.05) is 6.08 Å². The number of alkyl halides is 1. The molecular formula is C24H37FO5. The highest BCUT2D eigenvalue weighted by Crippen LogP contribution is 2.48. The third-order valence-electron chi connectivity index (χ3n) is 6.87. The van der Waals surface area contributed by atoms with E-state index in [1.165, 1.54) is 13.2 Å². The molecule has 0 radical (unpaired) electrons. The first kappa shape index (κ1) is 24.7. The van der Waals surface area contributed by atoms with Crippen LogP contribution in [0.25, 0.3) is 0 Å². The Labute approximate surface area is 179 Å². The maximum Gasteiger partial charge on any atom is 0.330 e. The molecular weight excluding hydrogens is 387 g/mol. The van der Waals surface area contributed by atoms with Crippen molar-refractivity contribution in [2.45, 2.75) is 82.8 Å². The number of carbonyl (C=O) groups is 2. The fourth-order valence-electron chi connectivity index (χ4n) is 4.80. The van der Waals surface area contributed by atoms with Crippen LogP contribution in [0, 0.1) is 17.3 Å². The summed E-state index contributed by atoms with van der Waals surface area (Å²) < 4.78 is 17.0. The third-order valence-corrected chi connectivity index (χ3v) is 6.87. The second-order valence-electron chi connectivity index (χ2n) is 8.82. The molecule has 2 aliphatic carbocycles. The lowest BCUT2D eigenvalue weighted by atomic mass is 9.62. The molecule has 6 heteroatoms. The number of ketones is 1. The van der Waals surface area contributed by atoms with E-state index in [2.05, 4.69) is 4.74 Å². The molecule has 30 heavy (non-hydrogen) atoms. The number of esters is 1.